The van der Waals surface area contributed by atoms with Crippen LogP contribution in [0.5, 0.6) is 5.75 Å². The van der Waals surface area contributed by atoms with E-state index in [4.69, 9.17) is 4.74 Å². The number of aliphatic hydroxyl groups excluding tert-OH is 1. The highest BCUT2D eigenvalue weighted by molar-refractivity contribution is 5.38. The van der Waals surface area contributed by atoms with Crippen molar-refractivity contribution in [2.24, 2.45) is 0 Å². The Morgan fingerprint density at radius 3 is 2.94 bits per heavy atom. The van der Waals surface area contributed by atoms with E-state index >= 15 is 0 Å². The van der Waals surface area contributed by atoms with Gasteiger partial charge in [-0.05, 0) is 19.1 Å². The standard InChI is InChI=1S/C12H15N3O2/c1-9-3-4-12(17-2)10(5-9)11(16)6-15-8-13-7-14-15/h3-5,7-8,11,16H,6H2,1-2H3. The molecule has 0 aliphatic carbocycles. The van der Waals surface area contributed by atoms with Gasteiger partial charge in [-0.2, -0.15) is 5.10 Å². The van der Waals surface area contributed by atoms with Crippen molar-refractivity contribution >= 4 is 0 Å². The molecule has 0 bridgehead atoms. The van der Waals surface area contributed by atoms with Crippen LogP contribution in [0.15, 0.2) is 30.9 Å². The van der Waals surface area contributed by atoms with Gasteiger partial charge in [-0.1, -0.05) is 11.6 Å². The molecule has 1 aromatic heterocycles. The third kappa shape index (κ3) is 2.62. The van der Waals surface area contributed by atoms with Gasteiger partial charge >= 0.3 is 0 Å². The predicted octanol–water partition coefficient (Wildman–Crippen LogP) is 1.33. The molecule has 0 aliphatic rings. The van der Waals surface area contributed by atoms with E-state index in [9.17, 15) is 5.11 Å². The van der Waals surface area contributed by atoms with Crippen molar-refractivity contribution in [3.8, 4) is 5.75 Å². The Kier molecular flexibility index (Phi) is 3.39. The highest BCUT2D eigenvalue weighted by Crippen LogP contribution is 2.26. The van der Waals surface area contributed by atoms with Gasteiger partial charge in [0.2, 0.25) is 0 Å². The average Bonchev–Trinajstić information content (AvgIpc) is 2.81. The number of methoxy groups -OCH3 is 1. The van der Waals surface area contributed by atoms with Crippen molar-refractivity contribution < 1.29 is 9.84 Å². The van der Waals surface area contributed by atoms with E-state index in [0.29, 0.717) is 12.3 Å². The lowest BCUT2D eigenvalue weighted by Gasteiger charge is -2.15. The topological polar surface area (TPSA) is 60.2 Å². The Morgan fingerprint density at radius 2 is 2.29 bits per heavy atom. The lowest BCUT2D eigenvalue weighted by atomic mass is 10.1. The van der Waals surface area contributed by atoms with Gasteiger partial charge in [-0.15, -0.1) is 0 Å². The number of aromatic nitrogens is 3. The lowest BCUT2D eigenvalue weighted by molar-refractivity contribution is 0.147. The summed E-state index contributed by atoms with van der Waals surface area (Å²) in [6.45, 7) is 2.34. The van der Waals surface area contributed by atoms with Gasteiger partial charge in [0.05, 0.1) is 13.7 Å². The van der Waals surface area contributed by atoms with Crippen molar-refractivity contribution in [2.45, 2.75) is 19.6 Å². The first-order valence-corrected chi connectivity index (χ1v) is 5.35. The fourth-order valence-corrected chi connectivity index (χ4v) is 1.72. The van der Waals surface area contributed by atoms with Crippen LogP contribution in [0.2, 0.25) is 0 Å². The molecule has 1 aromatic carbocycles. The van der Waals surface area contributed by atoms with Crippen LogP contribution < -0.4 is 4.74 Å². The van der Waals surface area contributed by atoms with Crippen LogP contribution in [0.25, 0.3) is 0 Å². The number of hydrogen-bond acceptors (Lipinski definition) is 4. The molecule has 1 heterocycles. The molecular formula is C12H15N3O2. The smallest absolute Gasteiger partial charge is 0.137 e. The van der Waals surface area contributed by atoms with E-state index in [-0.39, 0.29) is 0 Å². The molecule has 1 N–H and O–H groups in total. The van der Waals surface area contributed by atoms with E-state index in [1.165, 1.54) is 6.33 Å². The van der Waals surface area contributed by atoms with Gasteiger partial charge in [-0.25, -0.2) is 4.98 Å². The number of benzene rings is 1. The Morgan fingerprint density at radius 1 is 1.47 bits per heavy atom. The molecule has 5 heteroatoms. The SMILES string of the molecule is COc1ccc(C)cc1C(O)Cn1cncn1. The Balaban J connectivity index is 2.23. The van der Waals surface area contributed by atoms with Crippen molar-refractivity contribution in [1.29, 1.82) is 0 Å². The number of rotatable bonds is 4. The fourth-order valence-electron chi connectivity index (χ4n) is 1.72. The van der Waals surface area contributed by atoms with Crippen LogP contribution in [0.3, 0.4) is 0 Å². The Labute approximate surface area is 99.7 Å². The summed E-state index contributed by atoms with van der Waals surface area (Å²) in [7, 11) is 1.59. The Bertz CT molecular complexity index is 483. The van der Waals surface area contributed by atoms with Crippen LogP contribution in [0.1, 0.15) is 17.2 Å². The molecular weight excluding hydrogens is 218 g/mol. The minimum absolute atomic E-state index is 0.361. The average molecular weight is 233 g/mol. The number of aliphatic hydroxyl groups is 1. The highest BCUT2D eigenvalue weighted by atomic mass is 16.5. The zero-order valence-corrected chi connectivity index (χ0v) is 9.87. The summed E-state index contributed by atoms with van der Waals surface area (Å²) in [6, 6.07) is 5.72. The lowest BCUT2D eigenvalue weighted by Crippen LogP contribution is -2.10. The Hall–Kier alpha value is -1.88. The largest absolute Gasteiger partial charge is 0.496 e. The first-order chi connectivity index (χ1) is 8.20. The summed E-state index contributed by atoms with van der Waals surface area (Å²) >= 11 is 0. The predicted molar refractivity (Wildman–Crippen MR) is 62.7 cm³/mol. The molecule has 1 atom stereocenters. The maximum Gasteiger partial charge on any atom is 0.137 e. The zero-order valence-electron chi connectivity index (χ0n) is 9.87. The molecule has 0 amide bonds. The minimum atomic E-state index is -0.661. The van der Waals surface area contributed by atoms with Gasteiger partial charge in [0.1, 0.15) is 24.5 Å². The molecule has 17 heavy (non-hydrogen) atoms. The first-order valence-electron chi connectivity index (χ1n) is 5.35. The van der Waals surface area contributed by atoms with Crippen molar-refractivity contribution in [2.75, 3.05) is 7.11 Å². The molecule has 0 saturated carbocycles. The van der Waals surface area contributed by atoms with Crippen LogP contribution in [0, 0.1) is 6.92 Å². The monoisotopic (exact) mass is 233 g/mol. The molecule has 0 saturated heterocycles. The molecule has 0 fully saturated rings. The molecule has 1 unspecified atom stereocenters. The fraction of sp³-hybridized carbons (Fsp3) is 0.333. The third-order valence-electron chi connectivity index (χ3n) is 2.57. The second-order valence-corrected chi connectivity index (χ2v) is 3.88. The van der Waals surface area contributed by atoms with Crippen molar-refractivity contribution in [1.82, 2.24) is 14.8 Å². The van der Waals surface area contributed by atoms with Crippen molar-refractivity contribution in [3.63, 3.8) is 0 Å². The zero-order chi connectivity index (χ0) is 12.3. The van der Waals surface area contributed by atoms with Crippen LogP contribution in [-0.4, -0.2) is 27.0 Å². The summed E-state index contributed by atoms with van der Waals surface area (Å²) in [6.07, 6.45) is 2.36. The van der Waals surface area contributed by atoms with Gasteiger partial charge in [0, 0.05) is 5.56 Å². The second kappa shape index (κ2) is 4.97. The first kappa shape index (κ1) is 11.6. The number of aryl methyl sites for hydroxylation is 1. The van der Waals surface area contributed by atoms with E-state index in [0.717, 1.165) is 11.1 Å². The highest BCUT2D eigenvalue weighted by Gasteiger charge is 2.14. The van der Waals surface area contributed by atoms with Crippen LogP contribution in [0.4, 0.5) is 0 Å². The van der Waals surface area contributed by atoms with Gasteiger partial charge in [-0.3, -0.25) is 4.68 Å². The van der Waals surface area contributed by atoms with E-state index in [2.05, 4.69) is 10.1 Å². The van der Waals surface area contributed by atoms with Crippen LogP contribution >= 0.6 is 0 Å². The maximum absolute atomic E-state index is 10.2. The normalized spacial score (nSPS) is 12.4. The summed E-state index contributed by atoms with van der Waals surface area (Å²) in [5.41, 5.74) is 1.85. The second-order valence-electron chi connectivity index (χ2n) is 3.88. The quantitative estimate of drug-likeness (QED) is 0.865. The third-order valence-corrected chi connectivity index (χ3v) is 2.57. The van der Waals surface area contributed by atoms with E-state index in [1.807, 2.05) is 25.1 Å². The van der Waals surface area contributed by atoms with Gasteiger partial charge < -0.3 is 9.84 Å². The minimum Gasteiger partial charge on any atom is -0.496 e. The van der Waals surface area contributed by atoms with Crippen LogP contribution in [-0.2, 0) is 6.54 Å². The molecule has 5 nitrogen and oxygen atoms in total. The van der Waals surface area contributed by atoms with Gasteiger partial charge in [0.25, 0.3) is 0 Å². The van der Waals surface area contributed by atoms with Crippen molar-refractivity contribution in [3.05, 3.63) is 42.0 Å². The molecule has 2 rings (SSSR count). The summed E-state index contributed by atoms with van der Waals surface area (Å²) in [5, 5.41) is 14.1. The molecule has 0 spiro atoms. The number of hydrogen-bond donors (Lipinski definition) is 1. The summed E-state index contributed by atoms with van der Waals surface area (Å²) in [4.78, 5) is 3.84. The van der Waals surface area contributed by atoms with Gasteiger partial charge in [0.15, 0.2) is 0 Å². The van der Waals surface area contributed by atoms with E-state index in [1.54, 1.807) is 18.1 Å². The molecule has 0 aliphatic heterocycles. The summed E-state index contributed by atoms with van der Waals surface area (Å²) < 4.78 is 6.83. The summed E-state index contributed by atoms with van der Waals surface area (Å²) in [5.74, 6) is 0.684. The molecule has 2 aromatic rings. The maximum atomic E-state index is 10.2. The number of nitrogens with zero attached hydrogens (tertiary/aromatic N) is 3. The molecule has 90 valence electrons. The molecule has 0 radical (unpaired) electrons. The number of ether oxygens (including phenoxy) is 1. The van der Waals surface area contributed by atoms with E-state index < -0.39 is 6.10 Å².